The third-order valence-corrected chi connectivity index (χ3v) is 3.53. The monoisotopic (exact) mass is 341 g/mol. The van der Waals surface area contributed by atoms with Gasteiger partial charge in [0.05, 0.1) is 0 Å². The molecule has 0 aliphatic heterocycles. The van der Waals surface area contributed by atoms with Gasteiger partial charge in [0.25, 0.3) is 5.91 Å². The second kappa shape index (κ2) is 7.28. The lowest BCUT2D eigenvalue weighted by Crippen LogP contribution is -2.38. The van der Waals surface area contributed by atoms with Crippen molar-refractivity contribution in [2.45, 2.75) is 20.8 Å². The smallest absolute Gasteiger partial charge is 0.253 e. The van der Waals surface area contributed by atoms with Gasteiger partial charge >= 0.3 is 0 Å². The third kappa shape index (κ3) is 4.23. The molecule has 3 N–H and O–H groups in total. The fourth-order valence-electron chi connectivity index (χ4n) is 1.92. The number of amides is 1. The Labute approximate surface area is 127 Å². The van der Waals surface area contributed by atoms with E-state index in [2.05, 4.69) is 21.1 Å². The number of nitrogens with zero attached hydrogens (tertiary/aromatic N) is 2. The molecule has 0 aromatic heterocycles. The zero-order chi connectivity index (χ0) is 15.3. The van der Waals surface area contributed by atoms with Gasteiger partial charge in [0.1, 0.15) is 5.84 Å². The van der Waals surface area contributed by atoms with Crippen LogP contribution in [-0.4, -0.2) is 34.9 Å². The van der Waals surface area contributed by atoms with E-state index in [9.17, 15) is 4.79 Å². The summed E-state index contributed by atoms with van der Waals surface area (Å²) in [5.74, 6) is -0.131. The highest BCUT2D eigenvalue weighted by atomic mass is 79.9. The highest BCUT2D eigenvalue weighted by Crippen LogP contribution is 2.17. The first kappa shape index (κ1) is 16.5. The normalized spacial score (nSPS) is 13.1. The Morgan fingerprint density at radius 3 is 2.65 bits per heavy atom. The van der Waals surface area contributed by atoms with Crippen LogP contribution in [-0.2, 0) is 0 Å². The van der Waals surface area contributed by atoms with Gasteiger partial charge in [-0.3, -0.25) is 4.79 Å². The molecule has 0 aliphatic carbocycles. The van der Waals surface area contributed by atoms with Gasteiger partial charge in [-0.05, 0) is 37.6 Å². The molecule has 0 radical (unpaired) electrons. The zero-order valence-electron chi connectivity index (χ0n) is 11.9. The van der Waals surface area contributed by atoms with Gasteiger partial charge in [0.2, 0.25) is 0 Å². The maximum Gasteiger partial charge on any atom is 0.253 e. The number of benzene rings is 1. The van der Waals surface area contributed by atoms with Crippen LogP contribution in [0, 0.1) is 12.8 Å². The van der Waals surface area contributed by atoms with Gasteiger partial charge in [-0.1, -0.05) is 28.0 Å². The molecule has 1 aromatic rings. The molecule has 0 spiro atoms. The first-order valence-corrected chi connectivity index (χ1v) is 7.22. The summed E-state index contributed by atoms with van der Waals surface area (Å²) in [7, 11) is 0. The van der Waals surface area contributed by atoms with Crippen molar-refractivity contribution in [3.8, 4) is 0 Å². The maximum atomic E-state index is 12.5. The van der Waals surface area contributed by atoms with E-state index >= 15 is 0 Å². The first-order chi connectivity index (χ1) is 9.38. The summed E-state index contributed by atoms with van der Waals surface area (Å²) in [6, 6.07) is 5.60. The number of aryl methyl sites for hydroxylation is 1. The minimum absolute atomic E-state index is 0.0607. The molecule has 5 nitrogen and oxygen atoms in total. The van der Waals surface area contributed by atoms with Crippen LogP contribution < -0.4 is 5.73 Å². The van der Waals surface area contributed by atoms with Crippen molar-refractivity contribution in [1.82, 2.24) is 4.90 Å². The summed E-state index contributed by atoms with van der Waals surface area (Å²) in [5.41, 5.74) is 7.21. The number of nitrogens with two attached hydrogens (primary N) is 1. The van der Waals surface area contributed by atoms with Crippen molar-refractivity contribution in [1.29, 1.82) is 0 Å². The van der Waals surface area contributed by atoms with Crippen LogP contribution in [0.1, 0.15) is 29.8 Å². The number of hydrogen-bond acceptors (Lipinski definition) is 3. The van der Waals surface area contributed by atoms with Crippen LogP contribution in [0.4, 0.5) is 0 Å². The van der Waals surface area contributed by atoms with E-state index in [0.717, 1.165) is 10.0 Å². The third-order valence-electron chi connectivity index (χ3n) is 3.07. The van der Waals surface area contributed by atoms with Crippen LogP contribution >= 0.6 is 15.9 Å². The van der Waals surface area contributed by atoms with Gasteiger partial charge in [0.15, 0.2) is 0 Å². The van der Waals surface area contributed by atoms with E-state index in [1.807, 2.05) is 32.9 Å². The molecule has 20 heavy (non-hydrogen) atoms. The first-order valence-electron chi connectivity index (χ1n) is 6.42. The molecule has 0 fully saturated rings. The molecule has 1 amide bonds. The minimum atomic E-state index is -0.197. The van der Waals surface area contributed by atoms with Gasteiger partial charge in [0, 0.05) is 29.0 Å². The molecule has 1 atom stereocenters. The molecule has 1 aromatic carbocycles. The van der Waals surface area contributed by atoms with Crippen molar-refractivity contribution >= 4 is 27.7 Å². The highest BCUT2D eigenvalue weighted by Gasteiger charge is 2.19. The quantitative estimate of drug-likeness (QED) is 0.374. The predicted octanol–water partition coefficient (Wildman–Crippen LogP) is 2.60. The van der Waals surface area contributed by atoms with Crippen LogP contribution in [0.2, 0.25) is 0 Å². The number of rotatable bonds is 5. The van der Waals surface area contributed by atoms with Gasteiger partial charge in [-0.15, -0.1) is 0 Å². The van der Waals surface area contributed by atoms with Gasteiger partial charge < -0.3 is 15.8 Å². The largest absolute Gasteiger partial charge is 0.409 e. The van der Waals surface area contributed by atoms with Crippen LogP contribution in [0.15, 0.2) is 27.8 Å². The average Bonchev–Trinajstić information content (AvgIpc) is 2.41. The molecule has 0 aliphatic rings. The van der Waals surface area contributed by atoms with E-state index in [1.54, 1.807) is 11.0 Å². The summed E-state index contributed by atoms with van der Waals surface area (Å²) in [6.07, 6.45) is 0. The Morgan fingerprint density at radius 1 is 1.50 bits per heavy atom. The molecule has 0 bridgehead atoms. The van der Waals surface area contributed by atoms with E-state index in [0.29, 0.717) is 18.7 Å². The van der Waals surface area contributed by atoms with Crippen LogP contribution in [0.5, 0.6) is 0 Å². The van der Waals surface area contributed by atoms with E-state index < -0.39 is 0 Å². The molecule has 0 saturated heterocycles. The fourth-order valence-corrected chi connectivity index (χ4v) is 2.53. The number of hydrogen-bond donors (Lipinski definition) is 2. The van der Waals surface area contributed by atoms with E-state index in [1.165, 1.54) is 0 Å². The molecule has 6 heteroatoms. The topological polar surface area (TPSA) is 78.9 Å². The summed E-state index contributed by atoms with van der Waals surface area (Å²) >= 11 is 3.39. The van der Waals surface area contributed by atoms with Crippen molar-refractivity contribution in [2.75, 3.05) is 13.1 Å². The number of halogens is 1. The second-order valence-electron chi connectivity index (χ2n) is 4.79. The van der Waals surface area contributed by atoms with E-state index in [-0.39, 0.29) is 17.7 Å². The molecule has 1 rings (SSSR count). The standard InChI is InChI=1S/C14H20BrN3O2/c1-4-18(8-10(3)13(16)17-20)14(19)11-5-9(2)6-12(15)7-11/h5-7,10,20H,4,8H2,1-3H3,(H2,16,17). The molecular formula is C14H20BrN3O2. The molecule has 110 valence electrons. The summed E-state index contributed by atoms with van der Waals surface area (Å²) in [4.78, 5) is 14.2. The van der Waals surface area contributed by atoms with Gasteiger partial charge in [-0.2, -0.15) is 0 Å². The summed E-state index contributed by atoms with van der Waals surface area (Å²) < 4.78 is 0.876. The Kier molecular flexibility index (Phi) is 6.01. The number of amidine groups is 1. The van der Waals surface area contributed by atoms with Crippen molar-refractivity contribution in [2.24, 2.45) is 16.8 Å². The van der Waals surface area contributed by atoms with Gasteiger partial charge in [-0.25, -0.2) is 0 Å². The zero-order valence-corrected chi connectivity index (χ0v) is 13.5. The molecular weight excluding hydrogens is 322 g/mol. The SMILES string of the molecule is CCN(CC(C)/C(N)=N/O)C(=O)c1cc(C)cc(Br)c1. The summed E-state index contributed by atoms with van der Waals surface area (Å²) in [5, 5.41) is 11.7. The average molecular weight is 342 g/mol. The Bertz CT molecular complexity index is 497. The highest BCUT2D eigenvalue weighted by molar-refractivity contribution is 9.10. The summed E-state index contributed by atoms with van der Waals surface area (Å²) in [6.45, 7) is 6.64. The van der Waals surface area contributed by atoms with E-state index in [4.69, 9.17) is 10.9 Å². The molecule has 0 heterocycles. The fraction of sp³-hybridized carbons (Fsp3) is 0.429. The predicted molar refractivity (Wildman–Crippen MR) is 83.0 cm³/mol. The lowest BCUT2D eigenvalue weighted by molar-refractivity contribution is 0.0753. The lowest BCUT2D eigenvalue weighted by Gasteiger charge is -2.24. The minimum Gasteiger partial charge on any atom is -0.409 e. The Hall–Kier alpha value is -1.56. The lowest BCUT2D eigenvalue weighted by atomic mass is 10.1. The molecule has 0 saturated carbocycles. The van der Waals surface area contributed by atoms with Crippen molar-refractivity contribution < 1.29 is 10.0 Å². The second-order valence-corrected chi connectivity index (χ2v) is 5.70. The maximum absolute atomic E-state index is 12.5. The number of oxime groups is 1. The number of carbonyl (C=O) groups excluding carboxylic acids is 1. The van der Waals surface area contributed by atoms with Crippen LogP contribution in [0.3, 0.4) is 0 Å². The van der Waals surface area contributed by atoms with Crippen LogP contribution in [0.25, 0.3) is 0 Å². The van der Waals surface area contributed by atoms with Crippen molar-refractivity contribution in [3.63, 3.8) is 0 Å². The van der Waals surface area contributed by atoms with Crippen molar-refractivity contribution in [3.05, 3.63) is 33.8 Å². The Balaban J connectivity index is 2.92. The molecule has 1 unspecified atom stereocenters. The Morgan fingerprint density at radius 2 is 2.15 bits per heavy atom. The number of carbonyl (C=O) groups is 1.